The third kappa shape index (κ3) is 4.10. The molecule has 0 spiro atoms. The highest BCUT2D eigenvalue weighted by Crippen LogP contribution is 2.28. The summed E-state index contributed by atoms with van der Waals surface area (Å²) >= 11 is 0. The van der Waals surface area contributed by atoms with Gasteiger partial charge in [0.05, 0.1) is 6.54 Å². The lowest BCUT2D eigenvalue weighted by Gasteiger charge is -2.35. The van der Waals surface area contributed by atoms with Crippen molar-refractivity contribution >= 4 is 16.9 Å². The van der Waals surface area contributed by atoms with Crippen molar-refractivity contribution in [2.45, 2.75) is 25.2 Å². The monoisotopic (exact) mass is 377 g/mol. The lowest BCUT2D eigenvalue weighted by molar-refractivity contribution is -0.0247. The standard InChI is InChI=1S/C23H23NO4/c25-20-15-24(23(26)27-16-17-7-2-1-3-8-17)14-13-22(20)28-21-12-6-10-18-9-4-5-11-19(18)21/h1-12,20,22,25H,13-16H2/t20-,22-/m0/s1. The number of β-amino-alcohol motifs (C(OH)–C–C–N with tert-alkyl or cyclic N) is 1. The fourth-order valence-electron chi connectivity index (χ4n) is 3.49. The Morgan fingerprint density at radius 1 is 1.00 bits per heavy atom. The molecule has 0 unspecified atom stereocenters. The zero-order valence-corrected chi connectivity index (χ0v) is 15.5. The third-order valence-electron chi connectivity index (χ3n) is 5.01. The zero-order chi connectivity index (χ0) is 19.3. The molecule has 1 heterocycles. The quantitative estimate of drug-likeness (QED) is 0.747. The van der Waals surface area contributed by atoms with Gasteiger partial charge in [0.15, 0.2) is 0 Å². The minimum Gasteiger partial charge on any atom is -0.487 e. The van der Waals surface area contributed by atoms with Crippen molar-refractivity contribution in [3.8, 4) is 5.75 Å². The molecule has 0 bridgehead atoms. The van der Waals surface area contributed by atoms with Gasteiger partial charge < -0.3 is 19.5 Å². The molecular formula is C23H23NO4. The molecule has 5 heteroatoms. The number of aliphatic hydroxyl groups is 1. The summed E-state index contributed by atoms with van der Waals surface area (Å²) in [6.07, 6.45) is -0.988. The maximum Gasteiger partial charge on any atom is 0.410 e. The van der Waals surface area contributed by atoms with Gasteiger partial charge in [-0.1, -0.05) is 66.7 Å². The van der Waals surface area contributed by atoms with Crippen LogP contribution in [0.5, 0.6) is 5.75 Å². The van der Waals surface area contributed by atoms with Gasteiger partial charge in [0, 0.05) is 18.4 Å². The molecule has 1 fully saturated rings. The SMILES string of the molecule is O=C(OCc1ccccc1)N1CC[C@H](Oc2cccc3ccccc23)[C@@H](O)C1. The van der Waals surface area contributed by atoms with Gasteiger partial charge in [-0.2, -0.15) is 0 Å². The molecular weight excluding hydrogens is 354 g/mol. The number of ether oxygens (including phenoxy) is 2. The normalized spacial score (nSPS) is 19.4. The van der Waals surface area contributed by atoms with E-state index < -0.39 is 12.2 Å². The fourth-order valence-corrected chi connectivity index (χ4v) is 3.49. The summed E-state index contributed by atoms with van der Waals surface area (Å²) in [5.74, 6) is 0.752. The Kier molecular flexibility index (Phi) is 5.44. The molecule has 0 aliphatic carbocycles. The number of nitrogens with zero attached hydrogens (tertiary/aromatic N) is 1. The molecule has 0 aromatic heterocycles. The number of benzene rings is 3. The van der Waals surface area contributed by atoms with E-state index in [2.05, 4.69) is 0 Å². The number of rotatable bonds is 4. The maximum atomic E-state index is 12.3. The van der Waals surface area contributed by atoms with Gasteiger partial charge in [0.2, 0.25) is 0 Å². The summed E-state index contributed by atoms with van der Waals surface area (Å²) in [7, 11) is 0. The Balaban J connectivity index is 1.35. The number of hydrogen-bond donors (Lipinski definition) is 1. The van der Waals surface area contributed by atoms with Gasteiger partial charge in [-0.25, -0.2) is 4.79 Å². The summed E-state index contributed by atoms with van der Waals surface area (Å²) in [5, 5.41) is 12.6. The first kappa shape index (κ1) is 18.3. The minimum atomic E-state index is -0.767. The molecule has 2 atom stereocenters. The van der Waals surface area contributed by atoms with Crippen LogP contribution in [0.25, 0.3) is 10.8 Å². The van der Waals surface area contributed by atoms with Crippen molar-refractivity contribution in [2.75, 3.05) is 13.1 Å². The van der Waals surface area contributed by atoms with E-state index >= 15 is 0 Å². The van der Waals surface area contributed by atoms with Crippen molar-refractivity contribution in [2.24, 2.45) is 0 Å². The summed E-state index contributed by atoms with van der Waals surface area (Å²) < 4.78 is 11.5. The van der Waals surface area contributed by atoms with Gasteiger partial charge in [0.25, 0.3) is 0 Å². The van der Waals surface area contributed by atoms with Crippen LogP contribution in [0.4, 0.5) is 4.79 Å². The second-order valence-electron chi connectivity index (χ2n) is 6.98. The highest BCUT2D eigenvalue weighted by atomic mass is 16.6. The van der Waals surface area contributed by atoms with Crippen LogP contribution in [-0.4, -0.2) is 41.4 Å². The number of amides is 1. The molecule has 1 N–H and O–H groups in total. The van der Waals surface area contributed by atoms with E-state index in [4.69, 9.17) is 9.47 Å². The van der Waals surface area contributed by atoms with Crippen LogP contribution >= 0.6 is 0 Å². The van der Waals surface area contributed by atoms with E-state index in [1.807, 2.05) is 72.8 Å². The van der Waals surface area contributed by atoms with Crippen LogP contribution < -0.4 is 4.74 Å². The fraction of sp³-hybridized carbons (Fsp3) is 0.261. The summed E-state index contributed by atoms with van der Waals surface area (Å²) in [6, 6.07) is 23.4. The van der Waals surface area contributed by atoms with Crippen molar-refractivity contribution in [3.63, 3.8) is 0 Å². The first-order valence-electron chi connectivity index (χ1n) is 9.49. The molecule has 5 nitrogen and oxygen atoms in total. The van der Waals surface area contributed by atoms with Gasteiger partial charge in [-0.3, -0.25) is 0 Å². The van der Waals surface area contributed by atoms with E-state index in [0.717, 1.165) is 22.1 Å². The number of carbonyl (C=O) groups excluding carboxylic acids is 1. The second kappa shape index (κ2) is 8.31. The average molecular weight is 377 g/mol. The highest BCUT2D eigenvalue weighted by Gasteiger charge is 2.32. The predicted octanol–water partition coefficient (Wildman–Crippen LogP) is 3.99. The smallest absolute Gasteiger partial charge is 0.410 e. The van der Waals surface area contributed by atoms with E-state index in [-0.39, 0.29) is 19.3 Å². The molecule has 1 aliphatic rings. The Bertz CT molecular complexity index is 938. The molecule has 4 rings (SSSR count). The Labute approximate surface area is 164 Å². The van der Waals surface area contributed by atoms with Gasteiger partial charge in [0.1, 0.15) is 24.6 Å². The van der Waals surface area contributed by atoms with Crippen LogP contribution in [0.3, 0.4) is 0 Å². The van der Waals surface area contributed by atoms with Crippen LogP contribution in [-0.2, 0) is 11.3 Å². The van der Waals surface area contributed by atoms with E-state index in [9.17, 15) is 9.90 Å². The van der Waals surface area contributed by atoms with Gasteiger partial charge in [-0.05, 0) is 17.0 Å². The van der Waals surface area contributed by atoms with Crippen LogP contribution in [0.15, 0.2) is 72.8 Å². The first-order chi connectivity index (χ1) is 13.7. The second-order valence-corrected chi connectivity index (χ2v) is 6.98. The molecule has 1 aliphatic heterocycles. The van der Waals surface area contributed by atoms with E-state index in [1.54, 1.807) is 0 Å². The summed E-state index contributed by atoms with van der Waals surface area (Å²) in [4.78, 5) is 13.8. The summed E-state index contributed by atoms with van der Waals surface area (Å²) in [6.45, 7) is 0.908. The average Bonchev–Trinajstić information content (AvgIpc) is 2.74. The third-order valence-corrected chi connectivity index (χ3v) is 5.01. The lowest BCUT2D eigenvalue weighted by Crippen LogP contribution is -2.51. The number of likely N-dealkylation sites (tertiary alicyclic amines) is 1. The molecule has 3 aromatic rings. The molecule has 1 saturated heterocycles. The number of hydrogen-bond acceptors (Lipinski definition) is 4. The topological polar surface area (TPSA) is 59.0 Å². The van der Waals surface area contributed by atoms with Crippen molar-refractivity contribution in [1.82, 2.24) is 4.90 Å². The molecule has 144 valence electrons. The predicted molar refractivity (Wildman–Crippen MR) is 107 cm³/mol. The Morgan fingerprint density at radius 2 is 1.75 bits per heavy atom. The maximum absolute atomic E-state index is 12.3. The molecule has 3 aromatic carbocycles. The molecule has 1 amide bonds. The minimum absolute atomic E-state index is 0.197. The van der Waals surface area contributed by atoms with Crippen molar-refractivity contribution in [3.05, 3.63) is 78.4 Å². The molecule has 0 radical (unpaired) electrons. The van der Waals surface area contributed by atoms with E-state index in [0.29, 0.717) is 13.0 Å². The number of aliphatic hydroxyl groups excluding tert-OH is 1. The summed E-state index contributed by atoms with van der Waals surface area (Å²) in [5.41, 5.74) is 0.936. The number of carbonyl (C=O) groups is 1. The van der Waals surface area contributed by atoms with Gasteiger partial charge >= 0.3 is 6.09 Å². The molecule has 28 heavy (non-hydrogen) atoms. The van der Waals surface area contributed by atoms with Crippen molar-refractivity contribution in [1.29, 1.82) is 0 Å². The number of fused-ring (bicyclic) bond motifs is 1. The van der Waals surface area contributed by atoms with Crippen molar-refractivity contribution < 1.29 is 19.4 Å². The Morgan fingerprint density at radius 3 is 2.57 bits per heavy atom. The largest absolute Gasteiger partial charge is 0.487 e. The van der Waals surface area contributed by atoms with Gasteiger partial charge in [-0.15, -0.1) is 0 Å². The van der Waals surface area contributed by atoms with Crippen LogP contribution in [0, 0.1) is 0 Å². The van der Waals surface area contributed by atoms with Crippen LogP contribution in [0.1, 0.15) is 12.0 Å². The van der Waals surface area contributed by atoms with Crippen LogP contribution in [0.2, 0.25) is 0 Å². The first-order valence-corrected chi connectivity index (χ1v) is 9.49. The Hall–Kier alpha value is -3.05. The highest BCUT2D eigenvalue weighted by molar-refractivity contribution is 5.88. The zero-order valence-electron chi connectivity index (χ0n) is 15.5. The van der Waals surface area contributed by atoms with E-state index in [1.165, 1.54) is 4.90 Å². The number of piperidine rings is 1. The lowest BCUT2D eigenvalue weighted by atomic mass is 10.0. The molecule has 0 saturated carbocycles.